The van der Waals surface area contributed by atoms with Gasteiger partial charge in [-0.3, -0.25) is 0 Å². The molecule has 0 bridgehead atoms. The van der Waals surface area contributed by atoms with Crippen LogP contribution in [0.5, 0.6) is 0 Å². The normalized spacial score (nSPS) is 10.8. The molecule has 7 heteroatoms. The van der Waals surface area contributed by atoms with Crippen molar-refractivity contribution in [2.45, 2.75) is 19.9 Å². The molecule has 24 heavy (non-hydrogen) atoms. The Morgan fingerprint density at radius 1 is 0.833 bits per heavy atom. The Kier molecular flexibility index (Phi) is 4.24. The van der Waals surface area contributed by atoms with Crippen molar-refractivity contribution in [3.05, 3.63) is 48.5 Å². The molecule has 122 valence electrons. The Bertz CT molecular complexity index is 833. The number of nitrogens with two attached hydrogens (primary N) is 2. The predicted molar refractivity (Wildman–Crippen MR) is 95.6 cm³/mol. The van der Waals surface area contributed by atoms with Crippen molar-refractivity contribution in [2.75, 3.05) is 16.4 Å². The predicted octanol–water partition coefficient (Wildman–Crippen LogP) is 2.64. The maximum Gasteiger partial charge on any atom is 0.235 e. The van der Waals surface area contributed by atoms with Gasteiger partial charge in [-0.2, -0.15) is 15.0 Å². The van der Waals surface area contributed by atoms with E-state index in [0.717, 1.165) is 5.69 Å². The van der Waals surface area contributed by atoms with Gasteiger partial charge in [-0.15, -0.1) is 0 Å². The lowest BCUT2D eigenvalue weighted by Crippen LogP contribution is -2.28. The summed E-state index contributed by atoms with van der Waals surface area (Å²) in [5.41, 5.74) is 13.2. The fraction of sp³-hybridized carbons (Fsp3) is 0.176. The molecule has 0 radical (unpaired) electrons. The molecule has 1 aromatic carbocycles. The van der Waals surface area contributed by atoms with Gasteiger partial charge in [-0.25, -0.2) is 4.98 Å². The Labute approximate surface area is 140 Å². The highest BCUT2D eigenvalue weighted by molar-refractivity contribution is 5.62. The molecule has 0 amide bonds. The summed E-state index contributed by atoms with van der Waals surface area (Å²) in [5.74, 6) is 1.41. The second-order valence-electron chi connectivity index (χ2n) is 5.56. The van der Waals surface area contributed by atoms with Crippen molar-refractivity contribution in [2.24, 2.45) is 0 Å². The van der Waals surface area contributed by atoms with E-state index < -0.39 is 0 Å². The van der Waals surface area contributed by atoms with E-state index in [4.69, 9.17) is 11.5 Å². The molecule has 0 aliphatic carbocycles. The zero-order valence-corrected chi connectivity index (χ0v) is 13.6. The average Bonchev–Trinajstić information content (AvgIpc) is 2.55. The molecule has 4 N–H and O–H groups in total. The van der Waals surface area contributed by atoms with E-state index in [1.54, 1.807) is 18.2 Å². The van der Waals surface area contributed by atoms with Gasteiger partial charge in [-0.05, 0) is 38.1 Å². The lowest BCUT2D eigenvalue weighted by Gasteiger charge is -2.27. The third kappa shape index (κ3) is 3.24. The quantitative estimate of drug-likeness (QED) is 0.760. The topological polar surface area (TPSA) is 107 Å². The number of aromatic nitrogens is 4. The minimum Gasteiger partial charge on any atom is -0.384 e. The van der Waals surface area contributed by atoms with Crippen LogP contribution < -0.4 is 16.4 Å². The van der Waals surface area contributed by atoms with Gasteiger partial charge in [0.2, 0.25) is 11.9 Å². The molecule has 0 aliphatic rings. The third-order valence-electron chi connectivity index (χ3n) is 3.41. The van der Waals surface area contributed by atoms with Crippen LogP contribution >= 0.6 is 0 Å². The highest BCUT2D eigenvalue weighted by atomic mass is 15.3. The highest BCUT2D eigenvalue weighted by Crippen LogP contribution is 2.26. The fourth-order valence-corrected chi connectivity index (χ4v) is 2.41. The molecule has 0 aliphatic heterocycles. The zero-order chi connectivity index (χ0) is 17.1. The molecule has 0 atom stereocenters. The second kappa shape index (κ2) is 6.49. The fourth-order valence-electron chi connectivity index (χ4n) is 2.41. The maximum absolute atomic E-state index is 5.90. The summed E-state index contributed by atoms with van der Waals surface area (Å²) in [5, 5.41) is 0. The molecule has 2 heterocycles. The molecule has 3 rings (SSSR count). The number of pyridine rings is 1. The van der Waals surface area contributed by atoms with E-state index in [1.165, 1.54) is 0 Å². The number of nitrogen functional groups attached to an aromatic ring is 2. The van der Waals surface area contributed by atoms with E-state index in [-0.39, 0.29) is 12.0 Å². The highest BCUT2D eigenvalue weighted by Gasteiger charge is 2.18. The first-order valence-electron chi connectivity index (χ1n) is 7.63. The average molecular weight is 321 g/mol. The van der Waals surface area contributed by atoms with Crippen LogP contribution in [0.4, 0.5) is 23.4 Å². The smallest absolute Gasteiger partial charge is 0.235 e. The summed E-state index contributed by atoms with van der Waals surface area (Å²) in [7, 11) is 0. The van der Waals surface area contributed by atoms with Crippen molar-refractivity contribution in [1.82, 2.24) is 19.9 Å². The summed E-state index contributed by atoms with van der Waals surface area (Å²) in [4.78, 5) is 19.3. The van der Waals surface area contributed by atoms with Gasteiger partial charge in [0.1, 0.15) is 11.5 Å². The van der Waals surface area contributed by atoms with Gasteiger partial charge >= 0.3 is 0 Å². The Hall–Kier alpha value is -3.22. The first-order chi connectivity index (χ1) is 11.5. The van der Waals surface area contributed by atoms with Crippen LogP contribution in [0.1, 0.15) is 13.8 Å². The standard InChI is InChI=1S/C17H19N7/c1-11(2)24(12-7-4-3-5-8-12)17-22-15(21-16(19)23-17)13-9-6-10-14(18)20-13/h3-11H,1-2H3,(H2,18,20)(H2,19,21,22,23). The van der Waals surface area contributed by atoms with Crippen LogP contribution in [0.2, 0.25) is 0 Å². The molecule has 2 aromatic heterocycles. The van der Waals surface area contributed by atoms with E-state index in [1.807, 2.05) is 35.2 Å². The van der Waals surface area contributed by atoms with Crippen molar-refractivity contribution in [3.8, 4) is 11.5 Å². The lowest BCUT2D eigenvalue weighted by molar-refractivity contribution is 0.760. The second-order valence-corrected chi connectivity index (χ2v) is 5.56. The van der Waals surface area contributed by atoms with E-state index in [0.29, 0.717) is 23.3 Å². The molecule has 0 saturated carbocycles. The molecule has 0 saturated heterocycles. The van der Waals surface area contributed by atoms with Gasteiger partial charge in [0.15, 0.2) is 5.82 Å². The minimum atomic E-state index is 0.135. The molecule has 3 aromatic rings. The van der Waals surface area contributed by atoms with Crippen LogP contribution in [0.3, 0.4) is 0 Å². The van der Waals surface area contributed by atoms with Gasteiger partial charge in [0, 0.05) is 11.7 Å². The van der Waals surface area contributed by atoms with Crippen LogP contribution in [0, 0.1) is 0 Å². The number of rotatable bonds is 4. The van der Waals surface area contributed by atoms with Crippen LogP contribution in [0.25, 0.3) is 11.5 Å². The number of hydrogen-bond acceptors (Lipinski definition) is 7. The molecule has 0 unspecified atom stereocenters. The summed E-state index contributed by atoms with van der Waals surface area (Å²) in [6.07, 6.45) is 0. The summed E-state index contributed by atoms with van der Waals surface area (Å²) in [6.45, 7) is 4.12. The van der Waals surface area contributed by atoms with E-state index in [2.05, 4.69) is 33.8 Å². The van der Waals surface area contributed by atoms with Gasteiger partial charge in [0.05, 0.1) is 0 Å². The van der Waals surface area contributed by atoms with Gasteiger partial charge in [-0.1, -0.05) is 24.3 Å². The largest absolute Gasteiger partial charge is 0.384 e. The third-order valence-corrected chi connectivity index (χ3v) is 3.41. The molecular weight excluding hydrogens is 302 g/mol. The molecule has 0 spiro atoms. The molecular formula is C17H19N7. The van der Waals surface area contributed by atoms with E-state index >= 15 is 0 Å². The number of para-hydroxylation sites is 1. The van der Waals surface area contributed by atoms with Gasteiger partial charge < -0.3 is 16.4 Å². The van der Waals surface area contributed by atoms with E-state index in [9.17, 15) is 0 Å². The Morgan fingerprint density at radius 3 is 2.25 bits per heavy atom. The number of benzene rings is 1. The summed E-state index contributed by atoms with van der Waals surface area (Å²) < 4.78 is 0. The van der Waals surface area contributed by atoms with Crippen LogP contribution in [-0.4, -0.2) is 26.0 Å². The van der Waals surface area contributed by atoms with Crippen molar-refractivity contribution in [1.29, 1.82) is 0 Å². The minimum absolute atomic E-state index is 0.135. The van der Waals surface area contributed by atoms with Crippen molar-refractivity contribution in [3.63, 3.8) is 0 Å². The Morgan fingerprint density at radius 2 is 1.58 bits per heavy atom. The van der Waals surface area contributed by atoms with Crippen molar-refractivity contribution < 1.29 is 0 Å². The van der Waals surface area contributed by atoms with Crippen LogP contribution in [0.15, 0.2) is 48.5 Å². The van der Waals surface area contributed by atoms with Crippen molar-refractivity contribution >= 4 is 23.4 Å². The summed E-state index contributed by atoms with van der Waals surface area (Å²) in [6, 6.07) is 15.3. The van der Waals surface area contributed by atoms with Crippen LogP contribution in [-0.2, 0) is 0 Å². The summed E-state index contributed by atoms with van der Waals surface area (Å²) >= 11 is 0. The first-order valence-corrected chi connectivity index (χ1v) is 7.63. The number of hydrogen-bond donors (Lipinski definition) is 2. The monoisotopic (exact) mass is 321 g/mol. The number of nitrogens with zero attached hydrogens (tertiary/aromatic N) is 5. The zero-order valence-electron chi connectivity index (χ0n) is 13.6. The lowest BCUT2D eigenvalue weighted by atomic mass is 10.2. The molecule has 0 fully saturated rings. The SMILES string of the molecule is CC(C)N(c1ccccc1)c1nc(N)nc(-c2cccc(N)n2)n1. The number of anilines is 4. The Balaban J connectivity index is 2.10. The van der Waals surface area contributed by atoms with Gasteiger partial charge in [0.25, 0.3) is 0 Å². The maximum atomic E-state index is 5.90. The first kappa shape index (κ1) is 15.7. The molecule has 7 nitrogen and oxygen atoms in total.